The number of hydrogen-bond acceptors (Lipinski definition) is 7. The van der Waals surface area contributed by atoms with E-state index >= 15 is 0 Å². The molecule has 11 heteroatoms. The Morgan fingerprint density at radius 2 is 1.97 bits per heavy atom. The summed E-state index contributed by atoms with van der Waals surface area (Å²) < 4.78 is 31.2. The highest BCUT2D eigenvalue weighted by molar-refractivity contribution is 7.99. The fourth-order valence-electron chi connectivity index (χ4n) is 4.83. The molecule has 3 fully saturated rings. The number of aromatic amines is 1. The van der Waals surface area contributed by atoms with E-state index in [0.29, 0.717) is 24.7 Å². The van der Waals surface area contributed by atoms with Crippen LogP contribution in [0.4, 0.5) is 0 Å². The van der Waals surface area contributed by atoms with Gasteiger partial charge in [-0.15, -0.1) is 5.10 Å². The molecule has 2 unspecified atom stereocenters. The van der Waals surface area contributed by atoms with E-state index in [1.807, 2.05) is 4.90 Å². The van der Waals surface area contributed by atoms with E-state index in [1.54, 1.807) is 4.57 Å². The first-order chi connectivity index (χ1) is 14.4. The van der Waals surface area contributed by atoms with E-state index in [-0.39, 0.29) is 47.0 Å². The third-order valence-electron chi connectivity index (χ3n) is 6.32. The highest BCUT2D eigenvalue weighted by Crippen LogP contribution is 2.29. The molecule has 0 bridgehead atoms. The van der Waals surface area contributed by atoms with Gasteiger partial charge in [0.1, 0.15) is 0 Å². The second-order valence-electron chi connectivity index (χ2n) is 8.50. The minimum atomic E-state index is -3.07. The molecule has 2 atom stereocenters. The molecule has 1 amide bonds. The van der Waals surface area contributed by atoms with Crippen LogP contribution in [0.15, 0.2) is 9.95 Å². The standard InChI is InChI=1S/C19H30N4O5S2/c24-17(12-29-19-21-20-18(25)22(19)11-16-7-4-9-28-16)23(14-5-2-1-3-6-14)15-8-10-30(26,27)13-15/h14-16H,1-13H2,(H,20,25). The van der Waals surface area contributed by atoms with Crippen molar-refractivity contribution in [2.45, 2.75) is 81.3 Å². The lowest BCUT2D eigenvalue weighted by atomic mass is 9.93. The van der Waals surface area contributed by atoms with Gasteiger partial charge < -0.3 is 9.64 Å². The molecule has 0 spiro atoms. The number of H-pyrrole nitrogens is 1. The normalized spacial score (nSPS) is 26.8. The molecule has 3 heterocycles. The Morgan fingerprint density at radius 3 is 2.63 bits per heavy atom. The van der Waals surface area contributed by atoms with Gasteiger partial charge in [0.2, 0.25) is 5.91 Å². The van der Waals surface area contributed by atoms with Crippen molar-refractivity contribution < 1.29 is 17.9 Å². The highest BCUT2D eigenvalue weighted by atomic mass is 32.2. The number of ether oxygens (including phenoxy) is 1. The van der Waals surface area contributed by atoms with E-state index < -0.39 is 9.84 Å². The molecule has 30 heavy (non-hydrogen) atoms. The van der Waals surface area contributed by atoms with Crippen LogP contribution in [0.3, 0.4) is 0 Å². The van der Waals surface area contributed by atoms with Gasteiger partial charge in [0.15, 0.2) is 15.0 Å². The largest absolute Gasteiger partial charge is 0.376 e. The van der Waals surface area contributed by atoms with Crippen LogP contribution in [0.2, 0.25) is 0 Å². The highest BCUT2D eigenvalue weighted by Gasteiger charge is 2.38. The molecule has 0 aromatic carbocycles. The van der Waals surface area contributed by atoms with Crippen LogP contribution in [-0.2, 0) is 25.9 Å². The summed E-state index contributed by atoms with van der Waals surface area (Å²) in [5.74, 6) is 0.296. The average Bonchev–Trinajstić information content (AvgIpc) is 3.44. The predicted octanol–water partition coefficient (Wildman–Crippen LogP) is 1.19. The van der Waals surface area contributed by atoms with Crippen molar-refractivity contribution in [1.29, 1.82) is 0 Å². The summed E-state index contributed by atoms with van der Waals surface area (Å²) in [6, 6.07) is -0.127. The number of nitrogens with one attached hydrogen (secondary N) is 1. The molecule has 168 valence electrons. The average molecular weight is 459 g/mol. The lowest BCUT2D eigenvalue weighted by molar-refractivity contribution is -0.133. The van der Waals surface area contributed by atoms with Gasteiger partial charge in [-0.1, -0.05) is 31.0 Å². The SMILES string of the molecule is O=C(CSc1n[nH]c(=O)n1CC1CCCO1)N(C1CCCCC1)C1CCS(=O)(=O)C1. The maximum Gasteiger partial charge on any atom is 0.344 e. The predicted molar refractivity (Wildman–Crippen MR) is 113 cm³/mol. The van der Waals surface area contributed by atoms with Crippen molar-refractivity contribution in [1.82, 2.24) is 19.7 Å². The zero-order valence-corrected chi connectivity index (χ0v) is 18.8. The molecule has 1 aliphatic carbocycles. The molecule has 1 saturated carbocycles. The molecule has 2 aliphatic heterocycles. The van der Waals surface area contributed by atoms with E-state index in [9.17, 15) is 18.0 Å². The van der Waals surface area contributed by atoms with Gasteiger partial charge in [0.25, 0.3) is 0 Å². The summed E-state index contributed by atoms with van der Waals surface area (Å²) in [6.45, 7) is 1.14. The molecule has 1 aromatic heterocycles. The van der Waals surface area contributed by atoms with Crippen molar-refractivity contribution in [2.24, 2.45) is 0 Å². The molecular formula is C19H30N4O5S2. The number of nitrogens with zero attached hydrogens (tertiary/aromatic N) is 3. The Bertz CT molecular complexity index is 900. The van der Waals surface area contributed by atoms with Crippen molar-refractivity contribution in [3.05, 3.63) is 10.5 Å². The van der Waals surface area contributed by atoms with Crippen molar-refractivity contribution in [3.8, 4) is 0 Å². The van der Waals surface area contributed by atoms with Gasteiger partial charge >= 0.3 is 5.69 Å². The number of amides is 1. The Labute approximate surface area is 180 Å². The number of rotatable bonds is 7. The second kappa shape index (κ2) is 9.44. The lowest BCUT2D eigenvalue weighted by Gasteiger charge is -2.38. The lowest BCUT2D eigenvalue weighted by Crippen LogP contribution is -2.49. The van der Waals surface area contributed by atoms with Crippen molar-refractivity contribution in [2.75, 3.05) is 23.9 Å². The minimum absolute atomic E-state index is 0.00205. The molecule has 3 aliphatic rings. The first-order valence-corrected chi connectivity index (χ1v) is 13.6. The van der Waals surface area contributed by atoms with Crippen molar-refractivity contribution in [3.63, 3.8) is 0 Å². The monoisotopic (exact) mass is 458 g/mol. The first kappa shape index (κ1) is 21.9. The van der Waals surface area contributed by atoms with Gasteiger partial charge in [-0.3, -0.25) is 9.36 Å². The first-order valence-electron chi connectivity index (χ1n) is 10.8. The Morgan fingerprint density at radius 1 is 1.17 bits per heavy atom. The van der Waals surface area contributed by atoms with E-state index in [0.717, 1.165) is 38.5 Å². The third kappa shape index (κ3) is 5.11. The zero-order valence-electron chi connectivity index (χ0n) is 17.1. The quantitative estimate of drug-likeness (QED) is 0.611. The zero-order chi connectivity index (χ0) is 21.1. The molecule has 2 saturated heterocycles. The van der Waals surface area contributed by atoms with Gasteiger partial charge in [-0.25, -0.2) is 18.3 Å². The Kier molecular flexibility index (Phi) is 6.88. The minimum Gasteiger partial charge on any atom is -0.376 e. The third-order valence-corrected chi connectivity index (χ3v) is 9.03. The summed E-state index contributed by atoms with van der Waals surface area (Å²) in [4.78, 5) is 27.2. The molecule has 1 aromatic rings. The topological polar surface area (TPSA) is 114 Å². The van der Waals surface area contributed by atoms with Gasteiger partial charge in [-0.05, 0) is 32.1 Å². The summed E-state index contributed by atoms with van der Waals surface area (Å²) in [5, 5.41) is 7.04. The molecule has 9 nitrogen and oxygen atoms in total. The van der Waals surface area contributed by atoms with Gasteiger partial charge in [0, 0.05) is 18.7 Å². The molecule has 1 N–H and O–H groups in total. The fourth-order valence-corrected chi connectivity index (χ4v) is 7.36. The van der Waals surface area contributed by atoms with Gasteiger partial charge in [-0.2, -0.15) is 0 Å². The van der Waals surface area contributed by atoms with Crippen LogP contribution >= 0.6 is 11.8 Å². The number of carbonyl (C=O) groups excluding carboxylic acids is 1. The number of sulfone groups is 1. The van der Waals surface area contributed by atoms with Crippen LogP contribution in [0, 0.1) is 0 Å². The number of thioether (sulfide) groups is 1. The van der Waals surface area contributed by atoms with Crippen LogP contribution in [0.1, 0.15) is 51.4 Å². The number of carbonyl (C=O) groups is 1. The van der Waals surface area contributed by atoms with E-state index in [2.05, 4.69) is 10.2 Å². The molecule has 4 rings (SSSR count). The second-order valence-corrected chi connectivity index (χ2v) is 11.7. The van der Waals surface area contributed by atoms with Crippen molar-refractivity contribution >= 4 is 27.5 Å². The van der Waals surface area contributed by atoms with Crippen LogP contribution in [0.25, 0.3) is 0 Å². The van der Waals surface area contributed by atoms with E-state index in [4.69, 9.17) is 4.74 Å². The Balaban J connectivity index is 1.44. The maximum absolute atomic E-state index is 13.2. The molecular weight excluding hydrogens is 428 g/mol. The maximum atomic E-state index is 13.2. The van der Waals surface area contributed by atoms with Crippen LogP contribution in [-0.4, -0.2) is 76.0 Å². The van der Waals surface area contributed by atoms with Gasteiger partial charge in [0.05, 0.1) is 29.9 Å². The summed E-state index contributed by atoms with van der Waals surface area (Å²) in [6.07, 6.45) is 7.57. The summed E-state index contributed by atoms with van der Waals surface area (Å²) in [5.41, 5.74) is -0.300. The summed E-state index contributed by atoms with van der Waals surface area (Å²) in [7, 11) is -3.07. The van der Waals surface area contributed by atoms with Crippen LogP contribution in [0.5, 0.6) is 0 Å². The smallest absolute Gasteiger partial charge is 0.344 e. The summed E-state index contributed by atoms with van der Waals surface area (Å²) >= 11 is 1.23. The molecule has 0 radical (unpaired) electrons. The number of hydrogen-bond donors (Lipinski definition) is 1. The van der Waals surface area contributed by atoms with E-state index in [1.165, 1.54) is 18.2 Å². The van der Waals surface area contributed by atoms with Crippen LogP contribution < -0.4 is 5.69 Å². The number of aromatic nitrogens is 3. The Hall–Kier alpha value is -1.33. The fraction of sp³-hybridized carbons (Fsp3) is 0.842.